The highest BCUT2D eigenvalue weighted by atomic mass is 32.2. The topological polar surface area (TPSA) is 98.1 Å². The zero-order valence-electron chi connectivity index (χ0n) is 17.0. The molecule has 1 heterocycles. The molecule has 0 radical (unpaired) electrons. The summed E-state index contributed by atoms with van der Waals surface area (Å²) in [5.74, 6) is 1.11. The van der Waals surface area contributed by atoms with Gasteiger partial charge in [0.2, 0.25) is 5.91 Å². The van der Waals surface area contributed by atoms with Gasteiger partial charge in [-0.25, -0.2) is 4.79 Å². The van der Waals surface area contributed by atoms with E-state index in [-0.39, 0.29) is 11.9 Å². The Labute approximate surface area is 174 Å². The number of amides is 3. The van der Waals surface area contributed by atoms with Gasteiger partial charge in [-0.05, 0) is 44.0 Å². The van der Waals surface area contributed by atoms with Gasteiger partial charge in [-0.15, -0.1) is 10.2 Å². The molecule has 9 heteroatoms. The summed E-state index contributed by atoms with van der Waals surface area (Å²) in [5, 5.41) is 13.9. The Hall–Kier alpha value is -2.55. The Kier molecular flexibility index (Phi) is 7.13. The van der Waals surface area contributed by atoms with Crippen molar-refractivity contribution >= 4 is 23.7 Å². The third kappa shape index (κ3) is 5.50. The molecule has 1 aromatic heterocycles. The van der Waals surface area contributed by atoms with E-state index in [4.69, 9.17) is 4.74 Å². The van der Waals surface area contributed by atoms with E-state index in [0.717, 1.165) is 37.0 Å². The number of urea groups is 1. The first-order valence-corrected chi connectivity index (χ1v) is 10.7. The number of benzene rings is 1. The van der Waals surface area contributed by atoms with Crippen LogP contribution in [0.3, 0.4) is 0 Å². The number of hydrogen-bond acceptors (Lipinski definition) is 6. The van der Waals surface area contributed by atoms with Crippen LogP contribution in [0.5, 0.6) is 5.75 Å². The fourth-order valence-electron chi connectivity index (χ4n) is 3.30. The lowest BCUT2D eigenvalue weighted by molar-refractivity contribution is -0.119. The number of ether oxygens (including phenoxy) is 1. The molecular formula is C20H27N5O3S. The minimum Gasteiger partial charge on any atom is -0.497 e. The predicted molar refractivity (Wildman–Crippen MR) is 112 cm³/mol. The summed E-state index contributed by atoms with van der Waals surface area (Å²) in [6.45, 7) is 1.75. The minimum atomic E-state index is -0.487. The second kappa shape index (κ2) is 9.78. The quantitative estimate of drug-likeness (QED) is 0.701. The number of thioether (sulfide) groups is 1. The highest BCUT2D eigenvalue weighted by molar-refractivity contribution is 8.00. The van der Waals surface area contributed by atoms with E-state index in [1.807, 2.05) is 35.9 Å². The van der Waals surface area contributed by atoms with Gasteiger partial charge in [0, 0.05) is 18.7 Å². The smallest absolute Gasteiger partial charge is 0.321 e. The van der Waals surface area contributed by atoms with Crippen molar-refractivity contribution < 1.29 is 14.3 Å². The Morgan fingerprint density at radius 1 is 1.17 bits per heavy atom. The van der Waals surface area contributed by atoms with Crippen LogP contribution in [-0.2, 0) is 11.8 Å². The zero-order valence-corrected chi connectivity index (χ0v) is 17.8. The molecule has 29 heavy (non-hydrogen) atoms. The van der Waals surface area contributed by atoms with Gasteiger partial charge >= 0.3 is 6.03 Å². The first kappa shape index (κ1) is 21.2. The molecule has 1 fully saturated rings. The summed E-state index contributed by atoms with van der Waals surface area (Å²) in [5.41, 5.74) is 0.900. The molecule has 0 unspecified atom stereocenters. The van der Waals surface area contributed by atoms with E-state index in [1.54, 1.807) is 14.0 Å². The highest BCUT2D eigenvalue weighted by Gasteiger charge is 2.22. The zero-order chi connectivity index (χ0) is 20.8. The molecule has 2 N–H and O–H groups in total. The van der Waals surface area contributed by atoms with Gasteiger partial charge < -0.3 is 14.6 Å². The molecule has 0 saturated heterocycles. The minimum absolute atomic E-state index is 0.158. The summed E-state index contributed by atoms with van der Waals surface area (Å²) < 4.78 is 7.01. The number of carbonyl (C=O) groups is 2. The van der Waals surface area contributed by atoms with E-state index in [0.29, 0.717) is 11.0 Å². The van der Waals surface area contributed by atoms with Crippen molar-refractivity contribution in [3.05, 3.63) is 24.3 Å². The van der Waals surface area contributed by atoms with E-state index in [1.165, 1.54) is 18.2 Å². The SMILES string of the molecule is COc1ccc(-c2nnc(S[C@H](C)C(=O)NC(=O)NC3CCCCC3)n2C)cc1. The van der Waals surface area contributed by atoms with Crippen molar-refractivity contribution in [1.82, 2.24) is 25.4 Å². The van der Waals surface area contributed by atoms with Gasteiger partial charge in [0.15, 0.2) is 11.0 Å². The molecule has 1 saturated carbocycles. The molecule has 1 atom stereocenters. The van der Waals surface area contributed by atoms with Gasteiger partial charge in [0.25, 0.3) is 0 Å². The third-order valence-electron chi connectivity index (χ3n) is 5.01. The monoisotopic (exact) mass is 417 g/mol. The Balaban J connectivity index is 1.56. The van der Waals surface area contributed by atoms with Crippen LogP contribution in [-0.4, -0.2) is 45.1 Å². The van der Waals surface area contributed by atoms with Crippen LogP contribution in [0.25, 0.3) is 11.4 Å². The van der Waals surface area contributed by atoms with Crippen LogP contribution in [0, 0.1) is 0 Å². The van der Waals surface area contributed by atoms with Gasteiger partial charge in [-0.1, -0.05) is 31.0 Å². The first-order valence-electron chi connectivity index (χ1n) is 9.79. The summed E-state index contributed by atoms with van der Waals surface area (Å²) in [6.07, 6.45) is 5.39. The maximum atomic E-state index is 12.4. The number of carbonyl (C=O) groups excluding carboxylic acids is 2. The molecule has 156 valence electrons. The van der Waals surface area contributed by atoms with Gasteiger partial charge in [-0.2, -0.15) is 0 Å². The lowest BCUT2D eigenvalue weighted by Crippen LogP contribution is -2.47. The fourth-order valence-corrected chi connectivity index (χ4v) is 4.12. The predicted octanol–water partition coefficient (Wildman–Crippen LogP) is 3.13. The number of nitrogens with zero attached hydrogens (tertiary/aromatic N) is 3. The van der Waals surface area contributed by atoms with Crippen molar-refractivity contribution in [2.45, 2.75) is 55.5 Å². The molecule has 0 bridgehead atoms. The van der Waals surface area contributed by atoms with Crippen molar-refractivity contribution in [2.75, 3.05) is 7.11 Å². The van der Waals surface area contributed by atoms with Crippen molar-refractivity contribution in [1.29, 1.82) is 0 Å². The van der Waals surface area contributed by atoms with Crippen molar-refractivity contribution in [2.24, 2.45) is 7.05 Å². The molecule has 0 spiro atoms. The lowest BCUT2D eigenvalue weighted by Gasteiger charge is -2.23. The van der Waals surface area contributed by atoms with E-state index < -0.39 is 11.3 Å². The lowest BCUT2D eigenvalue weighted by atomic mass is 9.96. The third-order valence-corrected chi connectivity index (χ3v) is 6.15. The summed E-state index contributed by atoms with van der Waals surface area (Å²) in [4.78, 5) is 24.5. The Morgan fingerprint density at radius 2 is 1.86 bits per heavy atom. The maximum absolute atomic E-state index is 12.4. The van der Waals surface area contributed by atoms with E-state index in [9.17, 15) is 9.59 Å². The van der Waals surface area contributed by atoms with E-state index >= 15 is 0 Å². The molecule has 1 aliphatic rings. The number of methoxy groups -OCH3 is 1. The average Bonchev–Trinajstić information content (AvgIpc) is 3.08. The highest BCUT2D eigenvalue weighted by Crippen LogP contribution is 2.26. The number of hydrogen-bond donors (Lipinski definition) is 2. The number of imide groups is 1. The molecule has 1 aromatic carbocycles. The molecule has 8 nitrogen and oxygen atoms in total. The number of rotatable bonds is 6. The largest absolute Gasteiger partial charge is 0.497 e. The van der Waals surface area contributed by atoms with Gasteiger partial charge in [0.05, 0.1) is 12.4 Å². The molecule has 1 aliphatic carbocycles. The second-order valence-corrected chi connectivity index (χ2v) is 8.46. The molecule has 2 aromatic rings. The molecule has 0 aliphatic heterocycles. The van der Waals surface area contributed by atoms with Gasteiger partial charge in [0.1, 0.15) is 5.75 Å². The maximum Gasteiger partial charge on any atom is 0.321 e. The van der Waals surface area contributed by atoms with E-state index in [2.05, 4.69) is 20.8 Å². The Morgan fingerprint density at radius 3 is 2.52 bits per heavy atom. The Bertz CT molecular complexity index is 846. The van der Waals surface area contributed by atoms with Crippen LogP contribution in [0.1, 0.15) is 39.0 Å². The van der Waals surface area contributed by atoms with Crippen molar-refractivity contribution in [3.63, 3.8) is 0 Å². The molecular weight excluding hydrogens is 390 g/mol. The summed E-state index contributed by atoms with van der Waals surface area (Å²) in [6, 6.07) is 7.26. The van der Waals surface area contributed by atoms with Gasteiger partial charge in [-0.3, -0.25) is 10.1 Å². The van der Waals surface area contributed by atoms with Crippen LogP contribution in [0.2, 0.25) is 0 Å². The molecule has 3 amide bonds. The second-order valence-electron chi connectivity index (χ2n) is 7.15. The molecule has 3 rings (SSSR count). The average molecular weight is 418 g/mol. The standard InChI is InChI=1S/C20H27N5O3S/c1-13(18(26)22-19(27)21-15-7-5-4-6-8-15)29-20-24-23-17(25(20)2)14-9-11-16(28-3)12-10-14/h9-13,15H,4-8H2,1-3H3,(H2,21,22,26,27)/t13-/m1/s1. The summed E-state index contributed by atoms with van der Waals surface area (Å²) in [7, 11) is 3.47. The number of nitrogens with one attached hydrogen (secondary N) is 2. The summed E-state index contributed by atoms with van der Waals surface area (Å²) >= 11 is 1.26. The van der Waals surface area contributed by atoms with Crippen LogP contribution in [0.4, 0.5) is 4.79 Å². The van der Waals surface area contributed by atoms with Crippen LogP contribution in [0.15, 0.2) is 29.4 Å². The van der Waals surface area contributed by atoms with Crippen LogP contribution >= 0.6 is 11.8 Å². The fraction of sp³-hybridized carbons (Fsp3) is 0.500. The van der Waals surface area contributed by atoms with Crippen LogP contribution < -0.4 is 15.4 Å². The normalized spacial score (nSPS) is 15.6. The van der Waals surface area contributed by atoms with Crippen molar-refractivity contribution in [3.8, 4) is 17.1 Å². The first-order chi connectivity index (χ1) is 14.0. The number of aromatic nitrogens is 3.